The van der Waals surface area contributed by atoms with Gasteiger partial charge in [-0.1, -0.05) is 0 Å². The molecule has 0 saturated carbocycles. The first kappa shape index (κ1) is 13.0. The maximum Gasteiger partial charge on any atom is 0.145 e. The maximum absolute atomic E-state index is 5.87. The Morgan fingerprint density at radius 3 is 2.75 bits per heavy atom. The van der Waals surface area contributed by atoms with Gasteiger partial charge in [0.1, 0.15) is 16.2 Å². The fraction of sp³-hybridized carbons (Fsp3) is 0.133. The molecule has 3 aromatic rings. The highest BCUT2D eigenvalue weighted by molar-refractivity contribution is 9.10. The standard InChI is InChI=1S/C15H14BrN3O/c1-9-7-10(3-6-13(9)20-2)15-18-14(16)12-5-4-11(17)8-19(12)15/h3-8H,17H2,1-2H3. The van der Waals surface area contributed by atoms with Crippen molar-refractivity contribution in [2.24, 2.45) is 0 Å². The predicted molar refractivity (Wildman–Crippen MR) is 84.0 cm³/mol. The summed E-state index contributed by atoms with van der Waals surface area (Å²) in [6.07, 6.45) is 1.88. The van der Waals surface area contributed by atoms with Crippen molar-refractivity contribution in [1.29, 1.82) is 0 Å². The van der Waals surface area contributed by atoms with Crippen LogP contribution in [0.5, 0.6) is 5.75 Å². The van der Waals surface area contributed by atoms with E-state index >= 15 is 0 Å². The fourth-order valence-electron chi connectivity index (χ4n) is 2.29. The molecule has 0 unspecified atom stereocenters. The molecule has 0 aliphatic heterocycles. The molecule has 0 atom stereocenters. The minimum absolute atomic E-state index is 0.703. The Morgan fingerprint density at radius 2 is 2.05 bits per heavy atom. The lowest BCUT2D eigenvalue weighted by Crippen LogP contribution is -1.94. The summed E-state index contributed by atoms with van der Waals surface area (Å²) in [5, 5.41) is 0. The van der Waals surface area contributed by atoms with Crippen LogP contribution in [0.4, 0.5) is 5.69 Å². The van der Waals surface area contributed by atoms with E-state index in [4.69, 9.17) is 10.5 Å². The largest absolute Gasteiger partial charge is 0.496 e. The number of rotatable bonds is 2. The summed E-state index contributed by atoms with van der Waals surface area (Å²) in [6, 6.07) is 9.82. The van der Waals surface area contributed by atoms with Crippen LogP contribution in [0.1, 0.15) is 5.56 Å². The van der Waals surface area contributed by atoms with Crippen molar-refractivity contribution in [2.45, 2.75) is 6.92 Å². The summed E-state index contributed by atoms with van der Waals surface area (Å²) in [6.45, 7) is 2.02. The van der Waals surface area contributed by atoms with Gasteiger partial charge in [0, 0.05) is 17.4 Å². The number of fused-ring (bicyclic) bond motifs is 1. The van der Waals surface area contributed by atoms with Crippen LogP contribution in [-0.4, -0.2) is 16.5 Å². The minimum Gasteiger partial charge on any atom is -0.496 e. The van der Waals surface area contributed by atoms with Gasteiger partial charge in [-0.05, 0) is 58.7 Å². The number of pyridine rings is 1. The lowest BCUT2D eigenvalue weighted by atomic mass is 10.1. The third kappa shape index (κ3) is 2.04. The number of halogens is 1. The van der Waals surface area contributed by atoms with Crippen molar-refractivity contribution in [3.05, 3.63) is 46.7 Å². The SMILES string of the molecule is COc1ccc(-c2nc(Br)c3ccc(N)cn23)cc1C. The highest BCUT2D eigenvalue weighted by Crippen LogP contribution is 2.29. The van der Waals surface area contributed by atoms with Gasteiger partial charge >= 0.3 is 0 Å². The zero-order valence-electron chi connectivity index (χ0n) is 11.2. The molecule has 1 aromatic carbocycles. The summed E-state index contributed by atoms with van der Waals surface area (Å²) < 4.78 is 8.08. The molecule has 20 heavy (non-hydrogen) atoms. The Kier molecular flexibility index (Phi) is 3.14. The number of aryl methyl sites for hydroxylation is 1. The van der Waals surface area contributed by atoms with Crippen molar-refractivity contribution in [3.63, 3.8) is 0 Å². The van der Waals surface area contributed by atoms with Crippen LogP contribution in [0.25, 0.3) is 16.9 Å². The average molecular weight is 332 g/mol. The second kappa shape index (κ2) is 4.83. The topological polar surface area (TPSA) is 52.5 Å². The van der Waals surface area contributed by atoms with E-state index in [1.807, 2.05) is 41.8 Å². The molecule has 0 aliphatic carbocycles. The smallest absolute Gasteiger partial charge is 0.145 e. The molecule has 2 aromatic heterocycles. The van der Waals surface area contributed by atoms with E-state index in [2.05, 4.69) is 27.0 Å². The second-order valence-electron chi connectivity index (χ2n) is 4.63. The summed E-state index contributed by atoms with van der Waals surface area (Å²) in [5.41, 5.74) is 9.66. The Morgan fingerprint density at radius 1 is 1.25 bits per heavy atom. The summed E-state index contributed by atoms with van der Waals surface area (Å²) >= 11 is 3.49. The van der Waals surface area contributed by atoms with Gasteiger partial charge < -0.3 is 10.5 Å². The first-order valence-electron chi connectivity index (χ1n) is 6.18. The number of methoxy groups -OCH3 is 1. The van der Waals surface area contributed by atoms with Gasteiger partial charge in [-0.3, -0.25) is 4.40 Å². The van der Waals surface area contributed by atoms with Crippen molar-refractivity contribution in [2.75, 3.05) is 12.8 Å². The number of nitrogen functional groups attached to an aromatic ring is 1. The van der Waals surface area contributed by atoms with E-state index in [0.29, 0.717) is 5.69 Å². The van der Waals surface area contributed by atoms with Crippen LogP contribution in [0.2, 0.25) is 0 Å². The third-order valence-corrected chi connectivity index (χ3v) is 3.85. The van der Waals surface area contributed by atoms with E-state index in [9.17, 15) is 0 Å². The first-order valence-corrected chi connectivity index (χ1v) is 6.97. The average Bonchev–Trinajstić information content (AvgIpc) is 2.75. The Balaban J connectivity index is 2.24. The van der Waals surface area contributed by atoms with E-state index in [1.54, 1.807) is 7.11 Å². The number of ether oxygens (including phenoxy) is 1. The minimum atomic E-state index is 0.703. The number of imidazole rings is 1. The molecule has 0 fully saturated rings. The Bertz CT molecular complexity index is 795. The normalized spacial score (nSPS) is 10.9. The molecule has 0 spiro atoms. The highest BCUT2D eigenvalue weighted by atomic mass is 79.9. The lowest BCUT2D eigenvalue weighted by molar-refractivity contribution is 0.412. The molecule has 0 amide bonds. The molecular formula is C15H14BrN3O. The molecule has 4 nitrogen and oxygen atoms in total. The number of hydrogen-bond donors (Lipinski definition) is 1. The van der Waals surface area contributed by atoms with Crippen molar-refractivity contribution in [1.82, 2.24) is 9.38 Å². The van der Waals surface area contributed by atoms with Crippen molar-refractivity contribution >= 4 is 27.1 Å². The van der Waals surface area contributed by atoms with Crippen LogP contribution < -0.4 is 10.5 Å². The van der Waals surface area contributed by atoms with Gasteiger partial charge in [-0.2, -0.15) is 0 Å². The zero-order chi connectivity index (χ0) is 14.3. The number of nitrogens with zero attached hydrogens (tertiary/aromatic N) is 2. The van der Waals surface area contributed by atoms with Crippen molar-refractivity contribution < 1.29 is 4.74 Å². The van der Waals surface area contributed by atoms with Gasteiger partial charge in [0.15, 0.2) is 0 Å². The van der Waals surface area contributed by atoms with Crippen molar-refractivity contribution in [3.8, 4) is 17.1 Å². The molecular weight excluding hydrogens is 318 g/mol. The molecule has 102 valence electrons. The molecule has 3 rings (SSSR count). The number of aromatic nitrogens is 2. The van der Waals surface area contributed by atoms with Crippen LogP contribution in [0.15, 0.2) is 41.1 Å². The van der Waals surface area contributed by atoms with Crippen LogP contribution in [0.3, 0.4) is 0 Å². The highest BCUT2D eigenvalue weighted by Gasteiger charge is 2.12. The molecule has 2 heterocycles. The molecule has 0 bridgehead atoms. The number of nitrogens with two attached hydrogens (primary N) is 1. The third-order valence-electron chi connectivity index (χ3n) is 3.27. The molecule has 0 saturated heterocycles. The summed E-state index contributed by atoms with van der Waals surface area (Å²) in [5.74, 6) is 1.72. The number of benzene rings is 1. The quantitative estimate of drug-likeness (QED) is 0.779. The molecule has 0 aliphatic rings. The molecule has 2 N–H and O–H groups in total. The van der Waals surface area contributed by atoms with Crippen LogP contribution in [0, 0.1) is 6.92 Å². The van der Waals surface area contributed by atoms with Gasteiger partial charge in [-0.15, -0.1) is 0 Å². The van der Waals surface area contributed by atoms with Crippen LogP contribution in [-0.2, 0) is 0 Å². The monoisotopic (exact) mass is 331 g/mol. The van der Waals surface area contributed by atoms with Gasteiger partial charge in [0.05, 0.1) is 12.6 Å². The van der Waals surface area contributed by atoms with Crippen LogP contribution >= 0.6 is 15.9 Å². The lowest BCUT2D eigenvalue weighted by Gasteiger charge is -2.07. The zero-order valence-corrected chi connectivity index (χ0v) is 12.8. The Hall–Kier alpha value is -2.01. The summed E-state index contributed by atoms with van der Waals surface area (Å²) in [7, 11) is 1.67. The van der Waals surface area contributed by atoms with Gasteiger partial charge in [0.25, 0.3) is 0 Å². The van der Waals surface area contributed by atoms with E-state index in [-0.39, 0.29) is 0 Å². The number of hydrogen-bond acceptors (Lipinski definition) is 3. The van der Waals surface area contributed by atoms with Gasteiger partial charge in [0.2, 0.25) is 0 Å². The number of anilines is 1. The summed E-state index contributed by atoms with van der Waals surface area (Å²) in [4.78, 5) is 4.58. The second-order valence-corrected chi connectivity index (χ2v) is 5.38. The maximum atomic E-state index is 5.87. The van der Waals surface area contributed by atoms with E-state index in [0.717, 1.165) is 32.8 Å². The predicted octanol–water partition coefficient (Wildman–Crippen LogP) is 3.66. The molecule has 5 heteroatoms. The molecule has 0 radical (unpaired) electrons. The first-order chi connectivity index (χ1) is 9.60. The van der Waals surface area contributed by atoms with E-state index in [1.165, 1.54) is 0 Å². The Labute approximate surface area is 125 Å². The fourth-order valence-corrected chi connectivity index (χ4v) is 2.78. The van der Waals surface area contributed by atoms with Gasteiger partial charge in [-0.25, -0.2) is 4.98 Å². The van der Waals surface area contributed by atoms with E-state index < -0.39 is 0 Å².